The Morgan fingerprint density at radius 2 is 2.04 bits per heavy atom. The van der Waals surface area contributed by atoms with E-state index in [1.54, 1.807) is 42.5 Å². The molecule has 1 amide bonds. The van der Waals surface area contributed by atoms with Gasteiger partial charge in [0.2, 0.25) is 0 Å². The Kier molecular flexibility index (Phi) is 5.72. The number of hydrogen-bond acceptors (Lipinski definition) is 7. The molecule has 2 aromatic carbocycles. The van der Waals surface area contributed by atoms with E-state index in [0.29, 0.717) is 26.3 Å². The van der Waals surface area contributed by atoms with Crippen LogP contribution in [0.1, 0.15) is 11.1 Å². The zero-order chi connectivity index (χ0) is 19.4. The third kappa shape index (κ3) is 4.44. The fourth-order valence-corrected chi connectivity index (χ4v) is 3.48. The van der Waals surface area contributed by atoms with Crippen LogP contribution in [0.5, 0.6) is 11.5 Å². The Balaban J connectivity index is 1.79. The number of nitro groups is 1. The van der Waals surface area contributed by atoms with Gasteiger partial charge in [0.25, 0.3) is 11.6 Å². The molecule has 138 valence electrons. The predicted molar refractivity (Wildman–Crippen MR) is 107 cm³/mol. The van der Waals surface area contributed by atoms with E-state index in [2.05, 4.69) is 5.32 Å². The highest BCUT2D eigenvalue weighted by Gasteiger charge is 2.22. The van der Waals surface area contributed by atoms with Crippen molar-refractivity contribution in [2.75, 3.05) is 7.11 Å². The highest BCUT2D eigenvalue weighted by molar-refractivity contribution is 8.26. The number of amides is 1. The Morgan fingerprint density at radius 3 is 2.70 bits per heavy atom. The first-order valence-corrected chi connectivity index (χ1v) is 8.98. The van der Waals surface area contributed by atoms with Crippen molar-refractivity contribution in [2.45, 2.75) is 6.61 Å². The molecular formula is C18H14N2O5S2. The maximum atomic E-state index is 11.8. The molecule has 0 unspecified atom stereocenters. The summed E-state index contributed by atoms with van der Waals surface area (Å²) >= 11 is 6.16. The van der Waals surface area contributed by atoms with Crippen molar-refractivity contribution in [1.82, 2.24) is 5.32 Å². The van der Waals surface area contributed by atoms with Crippen LogP contribution in [0, 0.1) is 10.1 Å². The first-order chi connectivity index (χ1) is 13.0. The van der Waals surface area contributed by atoms with Crippen molar-refractivity contribution < 1.29 is 19.2 Å². The number of benzene rings is 2. The number of carbonyl (C=O) groups is 1. The molecule has 1 heterocycles. The van der Waals surface area contributed by atoms with Gasteiger partial charge in [0, 0.05) is 6.07 Å². The Morgan fingerprint density at radius 1 is 1.26 bits per heavy atom. The molecule has 1 aliphatic heterocycles. The van der Waals surface area contributed by atoms with Crippen LogP contribution in [0.4, 0.5) is 5.69 Å². The number of carbonyl (C=O) groups excluding carboxylic acids is 1. The first-order valence-electron chi connectivity index (χ1n) is 7.76. The third-order valence-corrected chi connectivity index (χ3v) is 4.86. The van der Waals surface area contributed by atoms with Gasteiger partial charge in [0.05, 0.1) is 22.5 Å². The second-order valence-electron chi connectivity index (χ2n) is 5.44. The second kappa shape index (κ2) is 8.19. The third-order valence-electron chi connectivity index (χ3n) is 3.70. The van der Waals surface area contributed by atoms with Crippen molar-refractivity contribution in [3.05, 3.63) is 68.6 Å². The van der Waals surface area contributed by atoms with E-state index in [1.807, 2.05) is 0 Å². The normalized spacial score (nSPS) is 14.9. The zero-order valence-electron chi connectivity index (χ0n) is 14.1. The fraction of sp³-hybridized carbons (Fsp3) is 0.111. The number of para-hydroxylation sites is 1. The smallest absolute Gasteiger partial charge is 0.276 e. The molecule has 7 nitrogen and oxygen atoms in total. The van der Waals surface area contributed by atoms with Gasteiger partial charge in [-0.15, -0.1) is 0 Å². The average molecular weight is 402 g/mol. The van der Waals surface area contributed by atoms with E-state index in [0.717, 1.165) is 5.56 Å². The van der Waals surface area contributed by atoms with Crippen LogP contribution in [-0.2, 0) is 11.4 Å². The van der Waals surface area contributed by atoms with Gasteiger partial charge in [0.15, 0.2) is 11.5 Å². The van der Waals surface area contributed by atoms with Gasteiger partial charge in [0.1, 0.15) is 10.9 Å². The van der Waals surface area contributed by atoms with Crippen LogP contribution < -0.4 is 14.8 Å². The summed E-state index contributed by atoms with van der Waals surface area (Å²) in [6, 6.07) is 11.6. The lowest BCUT2D eigenvalue weighted by Crippen LogP contribution is -2.17. The zero-order valence-corrected chi connectivity index (χ0v) is 15.8. The summed E-state index contributed by atoms with van der Waals surface area (Å²) in [6.07, 6.45) is 1.70. The van der Waals surface area contributed by atoms with Crippen molar-refractivity contribution >= 4 is 46.0 Å². The highest BCUT2D eigenvalue weighted by atomic mass is 32.2. The van der Waals surface area contributed by atoms with E-state index < -0.39 is 4.92 Å². The number of nitro benzene ring substituents is 1. The molecule has 0 atom stereocenters. The predicted octanol–water partition coefficient (Wildman–Crippen LogP) is 3.67. The topological polar surface area (TPSA) is 90.7 Å². The minimum atomic E-state index is -0.444. The van der Waals surface area contributed by atoms with Crippen molar-refractivity contribution in [3.63, 3.8) is 0 Å². The molecular weight excluding hydrogens is 388 g/mol. The molecule has 27 heavy (non-hydrogen) atoms. The minimum Gasteiger partial charge on any atom is -0.493 e. The van der Waals surface area contributed by atoms with E-state index in [9.17, 15) is 14.9 Å². The lowest BCUT2D eigenvalue weighted by molar-refractivity contribution is -0.385. The van der Waals surface area contributed by atoms with Gasteiger partial charge < -0.3 is 14.8 Å². The van der Waals surface area contributed by atoms with E-state index in [-0.39, 0.29) is 18.2 Å². The molecule has 0 saturated carbocycles. The molecule has 1 N–H and O–H groups in total. The second-order valence-corrected chi connectivity index (χ2v) is 7.16. The molecule has 0 bridgehead atoms. The average Bonchev–Trinajstić information content (AvgIpc) is 2.97. The highest BCUT2D eigenvalue weighted by Crippen LogP contribution is 2.32. The van der Waals surface area contributed by atoms with Crippen LogP contribution >= 0.6 is 24.0 Å². The standard InChI is InChI=1S/C18H14N2O5S2/c1-24-15-8-11(9-16-17(21)19-18(26)27-16)6-7-14(15)25-10-12-4-2-3-5-13(12)20(22)23/h2-9H,10H2,1H3,(H,19,21,26). The van der Waals surface area contributed by atoms with Crippen LogP contribution in [0.25, 0.3) is 6.08 Å². The van der Waals surface area contributed by atoms with Crippen LogP contribution in [0.15, 0.2) is 47.4 Å². The molecule has 0 aliphatic carbocycles. The van der Waals surface area contributed by atoms with Crippen molar-refractivity contribution in [2.24, 2.45) is 0 Å². The monoisotopic (exact) mass is 402 g/mol. The van der Waals surface area contributed by atoms with Gasteiger partial charge in [-0.2, -0.15) is 0 Å². The van der Waals surface area contributed by atoms with E-state index in [4.69, 9.17) is 21.7 Å². The maximum absolute atomic E-state index is 11.8. The van der Waals surface area contributed by atoms with Crippen LogP contribution in [0.2, 0.25) is 0 Å². The Hall–Kier alpha value is -2.91. The number of nitrogens with zero attached hydrogens (tertiary/aromatic N) is 1. The summed E-state index contributed by atoms with van der Waals surface area (Å²) in [7, 11) is 1.50. The number of nitrogens with one attached hydrogen (secondary N) is 1. The summed E-state index contributed by atoms with van der Waals surface area (Å²) in [4.78, 5) is 22.9. The molecule has 0 spiro atoms. The minimum absolute atomic E-state index is 0.00180. The summed E-state index contributed by atoms with van der Waals surface area (Å²) in [5, 5.41) is 13.6. The van der Waals surface area contributed by atoms with Gasteiger partial charge >= 0.3 is 0 Å². The SMILES string of the molecule is COc1cc(C=C2SC(=S)NC2=O)ccc1OCc1ccccc1[N+](=O)[O-]. The molecule has 1 saturated heterocycles. The van der Waals surface area contributed by atoms with Gasteiger partial charge in [-0.3, -0.25) is 14.9 Å². The van der Waals surface area contributed by atoms with E-state index >= 15 is 0 Å². The van der Waals surface area contributed by atoms with Crippen LogP contribution in [0.3, 0.4) is 0 Å². The van der Waals surface area contributed by atoms with Gasteiger partial charge in [-0.1, -0.05) is 42.2 Å². The largest absolute Gasteiger partial charge is 0.493 e. The number of hydrogen-bond donors (Lipinski definition) is 1. The molecule has 9 heteroatoms. The molecule has 1 fully saturated rings. The quantitative estimate of drug-likeness (QED) is 0.341. The molecule has 1 aliphatic rings. The lowest BCUT2D eigenvalue weighted by Gasteiger charge is -2.11. The first kappa shape index (κ1) is 18.9. The van der Waals surface area contributed by atoms with Gasteiger partial charge in [-0.05, 0) is 29.8 Å². The summed E-state index contributed by atoms with van der Waals surface area (Å²) in [6.45, 7) is 0.0283. The van der Waals surface area contributed by atoms with Crippen molar-refractivity contribution in [1.29, 1.82) is 0 Å². The van der Waals surface area contributed by atoms with Crippen molar-refractivity contribution in [3.8, 4) is 11.5 Å². The van der Waals surface area contributed by atoms with E-state index in [1.165, 1.54) is 24.9 Å². The number of thioether (sulfide) groups is 1. The summed E-state index contributed by atoms with van der Waals surface area (Å²) < 4.78 is 11.5. The summed E-state index contributed by atoms with van der Waals surface area (Å²) in [5.41, 5.74) is 1.20. The number of thiocarbonyl (C=S) groups is 1. The molecule has 2 aromatic rings. The Bertz CT molecular complexity index is 959. The van der Waals surface area contributed by atoms with Gasteiger partial charge in [-0.25, -0.2) is 0 Å². The number of ether oxygens (including phenoxy) is 2. The number of methoxy groups -OCH3 is 1. The number of rotatable bonds is 6. The molecule has 0 aromatic heterocycles. The summed E-state index contributed by atoms with van der Waals surface area (Å²) in [5.74, 6) is 0.659. The van der Waals surface area contributed by atoms with Crippen LogP contribution in [-0.4, -0.2) is 22.3 Å². The lowest BCUT2D eigenvalue weighted by atomic mass is 10.1. The maximum Gasteiger partial charge on any atom is 0.276 e. The molecule has 0 radical (unpaired) electrons. The fourth-order valence-electron chi connectivity index (χ4n) is 2.43. The molecule has 3 rings (SSSR count). The Labute approximate surface area is 164 Å².